The summed E-state index contributed by atoms with van der Waals surface area (Å²) < 4.78 is 0. The lowest BCUT2D eigenvalue weighted by Gasteiger charge is -2.06. The van der Waals surface area contributed by atoms with Crippen molar-refractivity contribution < 1.29 is 4.79 Å². The van der Waals surface area contributed by atoms with Gasteiger partial charge in [0.05, 0.1) is 6.42 Å². The van der Waals surface area contributed by atoms with Crippen molar-refractivity contribution in [1.29, 1.82) is 0 Å². The van der Waals surface area contributed by atoms with E-state index in [1.807, 2.05) is 55.5 Å². The number of hydrogen-bond acceptors (Lipinski definition) is 2. The molecule has 0 fully saturated rings. The first kappa shape index (κ1) is 13.3. The van der Waals surface area contributed by atoms with Crippen LogP contribution in [0.1, 0.15) is 16.7 Å². The van der Waals surface area contributed by atoms with Crippen molar-refractivity contribution in [1.82, 2.24) is 0 Å². The molecule has 19 heavy (non-hydrogen) atoms. The summed E-state index contributed by atoms with van der Waals surface area (Å²) in [5.41, 5.74) is 9.60. The van der Waals surface area contributed by atoms with Gasteiger partial charge in [0.25, 0.3) is 0 Å². The Hall–Kier alpha value is -2.13. The normalized spacial score (nSPS) is 10.2. The summed E-state index contributed by atoms with van der Waals surface area (Å²) in [6.45, 7) is 2.54. The van der Waals surface area contributed by atoms with Gasteiger partial charge in [-0.2, -0.15) is 0 Å². The van der Waals surface area contributed by atoms with E-state index in [1.54, 1.807) is 0 Å². The van der Waals surface area contributed by atoms with Gasteiger partial charge in [0.1, 0.15) is 0 Å². The SMILES string of the molecule is Cc1ccc(NC(=O)Cc2ccc(CN)cc2)cc1. The first-order chi connectivity index (χ1) is 9.17. The minimum absolute atomic E-state index is 0.00986. The Balaban J connectivity index is 1.95. The van der Waals surface area contributed by atoms with E-state index in [4.69, 9.17) is 5.73 Å². The highest BCUT2D eigenvalue weighted by Gasteiger charge is 2.04. The molecule has 0 bridgehead atoms. The first-order valence-corrected chi connectivity index (χ1v) is 6.32. The van der Waals surface area contributed by atoms with Crippen molar-refractivity contribution in [2.45, 2.75) is 19.9 Å². The van der Waals surface area contributed by atoms with Gasteiger partial charge in [0.2, 0.25) is 5.91 Å². The average Bonchev–Trinajstić information content (AvgIpc) is 2.42. The topological polar surface area (TPSA) is 55.1 Å². The number of hydrogen-bond donors (Lipinski definition) is 2. The lowest BCUT2D eigenvalue weighted by atomic mass is 10.1. The second kappa shape index (κ2) is 6.16. The van der Waals surface area contributed by atoms with Gasteiger partial charge in [0, 0.05) is 12.2 Å². The van der Waals surface area contributed by atoms with Crippen LogP contribution in [0.3, 0.4) is 0 Å². The largest absolute Gasteiger partial charge is 0.326 e. The van der Waals surface area contributed by atoms with Crippen molar-refractivity contribution in [2.75, 3.05) is 5.32 Å². The van der Waals surface area contributed by atoms with Gasteiger partial charge in [0.15, 0.2) is 0 Å². The predicted molar refractivity (Wildman–Crippen MR) is 77.8 cm³/mol. The van der Waals surface area contributed by atoms with E-state index in [2.05, 4.69) is 5.32 Å². The van der Waals surface area contributed by atoms with Crippen molar-refractivity contribution in [2.24, 2.45) is 5.73 Å². The van der Waals surface area contributed by atoms with Crippen LogP contribution < -0.4 is 11.1 Å². The highest BCUT2D eigenvalue weighted by Crippen LogP contribution is 2.10. The number of carbonyl (C=O) groups excluding carboxylic acids is 1. The molecule has 1 amide bonds. The summed E-state index contributed by atoms with van der Waals surface area (Å²) in [5, 5.41) is 2.88. The maximum absolute atomic E-state index is 11.9. The van der Waals surface area contributed by atoms with E-state index >= 15 is 0 Å². The number of carbonyl (C=O) groups is 1. The highest BCUT2D eigenvalue weighted by molar-refractivity contribution is 5.92. The molecule has 0 radical (unpaired) electrons. The molecule has 0 aliphatic carbocycles. The Morgan fingerprint density at radius 2 is 1.58 bits per heavy atom. The van der Waals surface area contributed by atoms with E-state index in [1.165, 1.54) is 5.56 Å². The predicted octanol–water partition coefficient (Wildman–Crippen LogP) is 2.63. The molecule has 0 saturated carbocycles. The molecule has 0 saturated heterocycles. The highest BCUT2D eigenvalue weighted by atomic mass is 16.1. The number of nitrogens with two attached hydrogens (primary N) is 1. The fourth-order valence-electron chi connectivity index (χ4n) is 1.82. The molecule has 0 aliphatic rings. The van der Waals surface area contributed by atoms with Crippen LogP contribution in [0.2, 0.25) is 0 Å². The summed E-state index contributed by atoms with van der Waals surface area (Å²) in [7, 11) is 0. The molecule has 98 valence electrons. The molecule has 0 aliphatic heterocycles. The molecule has 2 aromatic carbocycles. The van der Waals surface area contributed by atoms with Crippen LogP contribution >= 0.6 is 0 Å². The van der Waals surface area contributed by atoms with Gasteiger partial charge in [-0.25, -0.2) is 0 Å². The quantitative estimate of drug-likeness (QED) is 0.881. The van der Waals surface area contributed by atoms with E-state index < -0.39 is 0 Å². The zero-order chi connectivity index (χ0) is 13.7. The van der Waals surface area contributed by atoms with Gasteiger partial charge in [-0.05, 0) is 30.2 Å². The summed E-state index contributed by atoms with van der Waals surface area (Å²) >= 11 is 0. The van der Waals surface area contributed by atoms with E-state index in [0.29, 0.717) is 13.0 Å². The minimum Gasteiger partial charge on any atom is -0.326 e. The van der Waals surface area contributed by atoms with E-state index in [0.717, 1.165) is 16.8 Å². The number of anilines is 1. The Morgan fingerprint density at radius 1 is 1.00 bits per heavy atom. The third-order valence-electron chi connectivity index (χ3n) is 2.96. The number of rotatable bonds is 4. The molecular formula is C16H18N2O. The molecule has 0 heterocycles. The molecule has 3 nitrogen and oxygen atoms in total. The molecule has 2 aromatic rings. The van der Waals surface area contributed by atoms with Crippen LogP contribution in [-0.2, 0) is 17.8 Å². The number of aryl methyl sites for hydroxylation is 1. The second-order valence-corrected chi connectivity index (χ2v) is 4.61. The van der Waals surface area contributed by atoms with Crippen molar-refractivity contribution in [3.8, 4) is 0 Å². The Bertz CT molecular complexity index is 544. The van der Waals surface area contributed by atoms with Crippen LogP contribution in [0.5, 0.6) is 0 Å². The summed E-state index contributed by atoms with van der Waals surface area (Å²) in [5.74, 6) is -0.00986. The molecule has 0 spiro atoms. The van der Waals surface area contributed by atoms with Crippen LogP contribution in [0, 0.1) is 6.92 Å². The zero-order valence-corrected chi connectivity index (χ0v) is 11.0. The van der Waals surface area contributed by atoms with Crippen LogP contribution in [0.15, 0.2) is 48.5 Å². The molecule has 0 atom stereocenters. The molecule has 3 heteroatoms. The van der Waals surface area contributed by atoms with Gasteiger partial charge >= 0.3 is 0 Å². The fourth-order valence-corrected chi connectivity index (χ4v) is 1.82. The van der Waals surface area contributed by atoms with Crippen molar-refractivity contribution in [3.63, 3.8) is 0 Å². The molecule has 0 unspecified atom stereocenters. The van der Waals surface area contributed by atoms with Crippen LogP contribution in [0.25, 0.3) is 0 Å². The van der Waals surface area contributed by atoms with Crippen LogP contribution in [0.4, 0.5) is 5.69 Å². The van der Waals surface area contributed by atoms with Gasteiger partial charge < -0.3 is 11.1 Å². The maximum Gasteiger partial charge on any atom is 0.228 e. The van der Waals surface area contributed by atoms with Gasteiger partial charge in [-0.3, -0.25) is 4.79 Å². The lowest BCUT2D eigenvalue weighted by molar-refractivity contribution is -0.115. The lowest BCUT2D eigenvalue weighted by Crippen LogP contribution is -2.14. The van der Waals surface area contributed by atoms with E-state index in [9.17, 15) is 4.79 Å². The van der Waals surface area contributed by atoms with E-state index in [-0.39, 0.29) is 5.91 Å². The average molecular weight is 254 g/mol. The minimum atomic E-state index is -0.00986. The number of benzene rings is 2. The Kier molecular flexibility index (Phi) is 4.31. The zero-order valence-electron chi connectivity index (χ0n) is 11.0. The molecule has 2 rings (SSSR count). The van der Waals surface area contributed by atoms with Crippen LogP contribution in [-0.4, -0.2) is 5.91 Å². The molecule has 3 N–H and O–H groups in total. The standard InChI is InChI=1S/C16H18N2O/c1-12-2-8-15(9-3-12)18-16(19)10-13-4-6-14(11-17)7-5-13/h2-9H,10-11,17H2,1H3,(H,18,19). The van der Waals surface area contributed by atoms with Gasteiger partial charge in [-0.1, -0.05) is 42.0 Å². The monoisotopic (exact) mass is 254 g/mol. The molecular weight excluding hydrogens is 236 g/mol. The first-order valence-electron chi connectivity index (χ1n) is 6.32. The summed E-state index contributed by atoms with van der Waals surface area (Å²) in [4.78, 5) is 11.9. The number of amides is 1. The summed E-state index contributed by atoms with van der Waals surface area (Å²) in [6.07, 6.45) is 0.374. The fraction of sp³-hybridized carbons (Fsp3) is 0.188. The Morgan fingerprint density at radius 3 is 2.16 bits per heavy atom. The third kappa shape index (κ3) is 3.93. The molecule has 0 aromatic heterocycles. The number of nitrogens with one attached hydrogen (secondary N) is 1. The smallest absolute Gasteiger partial charge is 0.228 e. The van der Waals surface area contributed by atoms with Crippen molar-refractivity contribution >= 4 is 11.6 Å². The maximum atomic E-state index is 11.9. The Labute approximate surface area is 113 Å². The van der Waals surface area contributed by atoms with Gasteiger partial charge in [-0.15, -0.1) is 0 Å². The second-order valence-electron chi connectivity index (χ2n) is 4.61. The van der Waals surface area contributed by atoms with Crippen molar-refractivity contribution in [3.05, 3.63) is 65.2 Å². The summed E-state index contributed by atoms with van der Waals surface area (Å²) in [6, 6.07) is 15.6. The third-order valence-corrected chi connectivity index (χ3v) is 2.96.